The molecule has 0 amide bonds. The quantitative estimate of drug-likeness (QED) is 0.781. The average molecular weight is 373 g/mol. The van der Waals surface area contributed by atoms with Crippen molar-refractivity contribution in [3.05, 3.63) is 53.2 Å². The van der Waals surface area contributed by atoms with Gasteiger partial charge in [0.15, 0.2) is 6.17 Å². The molecule has 0 spiro atoms. The van der Waals surface area contributed by atoms with Gasteiger partial charge in [-0.2, -0.15) is 5.10 Å². The van der Waals surface area contributed by atoms with Crippen molar-refractivity contribution in [1.29, 1.82) is 0 Å². The molecule has 0 saturated heterocycles. The summed E-state index contributed by atoms with van der Waals surface area (Å²) < 4.78 is 33.1. The van der Waals surface area contributed by atoms with Crippen molar-refractivity contribution in [3.8, 4) is 0 Å². The number of aromatic nitrogens is 2. The maximum absolute atomic E-state index is 14.1. The highest BCUT2D eigenvalue weighted by atomic mass is 19.1. The third-order valence-corrected chi connectivity index (χ3v) is 4.93. The second-order valence-electron chi connectivity index (χ2n) is 6.88. The zero-order valence-electron chi connectivity index (χ0n) is 14.7. The van der Waals surface area contributed by atoms with E-state index in [0.29, 0.717) is 25.1 Å². The Bertz CT molecular complexity index is 825. The van der Waals surface area contributed by atoms with E-state index >= 15 is 0 Å². The average Bonchev–Trinajstić information content (AvgIpc) is 2.66. The van der Waals surface area contributed by atoms with Crippen molar-refractivity contribution in [2.45, 2.75) is 31.6 Å². The van der Waals surface area contributed by atoms with Crippen LogP contribution in [0.4, 0.5) is 14.6 Å². The van der Waals surface area contributed by atoms with Crippen LogP contribution in [0.3, 0.4) is 0 Å². The first-order valence-electron chi connectivity index (χ1n) is 9.03. The number of hydrogen-bond donors (Lipinski definition) is 2. The number of nitrogens with one attached hydrogen (secondary N) is 2. The molecule has 1 aromatic carbocycles. The number of hydrogen-bond acceptors (Lipinski definition) is 6. The van der Waals surface area contributed by atoms with Gasteiger partial charge in [0.2, 0.25) is 0 Å². The lowest BCUT2D eigenvalue weighted by molar-refractivity contribution is 0.0326. The summed E-state index contributed by atoms with van der Waals surface area (Å²) in [6.45, 7) is 0.940. The predicted molar refractivity (Wildman–Crippen MR) is 97.7 cm³/mol. The highest BCUT2D eigenvalue weighted by molar-refractivity contribution is 5.88. The topological polar surface area (TPSA) is 71.4 Å². The van der Waals surface area contributed by atoms with Crippen molar-refractivity contribution in [1.82, 2.24) is 15.4 Å². The van der Waals surface area contributed by atoms with Crippen molar-refractivity contribution in [2.24, 2.45) is 11.0 Å². The molecular formula is C19H21F2N5O. The Kier molecular flexibility index (Phi) is 5.24. The number of fused-ring (bicyclic) bond motifs is 1. The van der Waals surface area contributed by atoms with Crippen molar-refractivity contribution in [3.63, 3.8) is 0 Å². The molecule has 1 fully saturated rings. The molecule has 2 aliphatic rings. The van der Waals surface area contributed by atoms with E-state index < -0.39 is 12.0 Å². The fourth-order valence-electron chi connectivity index (χ4n) is 3.39. The molecule has 4 rings (SSSR count). The van der Waals surface area contributed by atoms with Crippen LogP contribution in [-0.4, -0.2) is 35.4 Å². The van der Waals surface area contributed by atoms with Crippen LogP contribution in [-0.2, 0) is 11.3 Å². The monoisotopic (exact) mass is 373 g/mol. The summed E-state index contributed by atoms with van der Waals surface area (Å²) >= 11 is 0. The van der Waals surface area contributed by atoms with Crippen molar-refractivity contribution >= 4 is 12.0 Å². The van der Waals surface area contributed by atoms with E-state index in [1.807, 2.05) is 0 Å². The molecule has 6 nitrogen and oxygen atoms in total. The second kappa shape index (κ2) is 7.96. The first kappa shape index (κ1) is 17.8. The van der Waals surface area contributed by atoms with Gasteiger partial charge in [-0.15, -0.1) is 0 Å². The van der Waals surface area contributed by atoms with Crippen LogP contribution >= 0.6 is 0 Å². The molecular weight excluding hydrogens is 352 g/mol. The van der Waals surface area contributed by atoms with Gasteiger partial charge >= 0.3 is 0 Å². The summed E-state index contributed by atoms with van der Waals surface area (Å²) in [5.41, 5.74) is 4.77. The van der Waals surface area contributed by atoms with E-state index in [1.165, 1.54) is 12.1 Å². The maximum atomic E-state index is 14.1. The number of alkyl halides is 1. The standard InChI is InChI=1S/C19H21F2N5O/c20-16-4-2-1-3-14(16)17(21)10-27-9-12-5-13(6-12)26-19-15-7-24-25-8-18(15)22-11-23-19/h1-4,7,11-13,17,25H,5-6,8-10H2,(H,22,23,26). The third kappa shape index (κ3) is 4.05. The van der Waals surface area contributed by atoms with Crippen LogP contribution in [0.15, 0.2) is 35.7 Å². The number of rotatable bonds is 7. The van der Waals surface area contributed by atoms with E-state index in [-0.39, 0.29) is 12.2 Å². The van der Waals surface area contributed by atoms with E-state index in [2.05, 4.69) is 25.8 Å². The lowest BCUT2D eigenvalue weighted by Gasteiger charge is -2.36. The summed E-state index contributed by atoms with van der Waals surface area (Å²) in [7, 11) is 0. The van der Waals surface area contributed by atoms with Gasteiger partial charge in [0.25, 0.3) is 0 Å². The minimum Gasteiger partial charge on any atom is -0.378 e. The highest BCUT2D eigenvalue weighted by Gasteiger charge is 2.30. The molecule has 2 heterocycles. The fourth-order valence-corrected chi connectivity index (χ4v) is 3.39. The van der Waals surface area contributed by atoms with Crippen LogP contribution in [0.25, 0.3) is 0 Å². The predicted octanol–water partition coefficient (Wildman–Crippen LogP) is 2.97. The van der Waals surface area contributed by atoms with E-state index in [1.54, 1.807) is 24.7 Å². The molecule has 1 unspecified atom stereocenters. The van der Waals surface area contributed by atoms with Gasteiger partial charge in [0, 0.05) is 18.2 Å². The lowest BCUT2D eigenvalue weighted by atomic mass is 9.81. The van der Waals surface area contributed by atoms with E-state index in [9.17, 15) is 8.78 Å². The Morgan fingerprint density at radius 2 is 2.11 bits per heavy atom. The summed E-state index contributed by atoms with van der Waals surface area (Å²) in [5, 5.41) is 7.48. The third-order valence-electron chi connectivity index (χ3n) is 4.93. The van der Waals surface area contributed by atoms with Crippen molar-refractivity contribution in [2.75, 3.05) is 18.5 Å². The summed E-state index contributed by atoms with van der Waals surface area (Å²) in [6, 6.07) is 6.18. The van der Waals surface area contributed by atoms with Gasteiger partial charge in [-0.05, 0) is 24.8 Å². The molecule has 2 aromatic rings. The summed E-state index contributed by atoms with van der Waals surface area (Å²) in [4.78, 5) is 8.56. The van der Waals surface area contributed by atoms with Gasteiger partial charge in [-0.25, -0.2) is 18.7 Å². The van der Waals surface area contributed by atoms with Gasteiger partial charge in [0.05, 0.1) is 30.6 Å². The normalized spacial score (nSPS) is 21.7. The van der Waals surface area contributed by atoms with Crippen LogP contribution in [0.2, 0.25) is 0 Å². The lowest BCUT2D eigenvalue weighted by Crippen LogP contribution is -2.38. The Hall–Kier alpha value is -2.61. The number of ether oxygens (including phenoxy) is 1. The summed E-state index contributed by atoms with van der Waals surface area (Å²) in [6.07, 6.45) is 3.67. The van der Waals surface area contributed by atoms with Gasteiger partial charge in [-0.3, -0.25) is 0 Å². The molecule has 142 valence electrons. The van der Waals surface area contributed by atoms with Crippen LogP contribution in [0.5, 0.6) is 0 Å². The Balaban J connectivity index is 1.21. The van der Waals surface area contributed by atoms with Crippen LogP contribution in [0.1, 0.15) is 35.8 Å². The van der Waals surface area contributed by atoms with Gasteiger partial charge < -0.3 is 15.5 Å². The minimum absolute atomic E-state index is 0.0512. The summed E-state index contributed by atoms with van der Waals surface area (Å²) in [5.74, 6) is 0.620. The van der Waals surface area contributed by atoms with Crippen LogP contribution < -0.4 is 10.7 Å². The molecule has 1 aliphatic carbocycles. The Morgan fingerprint density at radius 3 is 2.96 bits per heavy atom. The number of anilines is 1. The first-order chi connectivity index (χ1) is 13.2. The van der Waals surface area contributed by atoms with E-state index in [0.717, 1.165) is 29.9 Å². The number of halogens is 2. The van der Waals surface area contributed by atoms with Crippen LogP contribution in [0, 0.1) is 11.7 Å². The SMILES string of the molecule is Fc1ccccc1C(F)COCC1CC(Nc2ncnc3c2C=NNC3)C1. The number of hydrazone groups is 1. The molecule has 8 heteroatoms. The molecule has 1 atom stereocenters. The highest BCUT2D eigenvalue weighted by Crippen LogP contribution is 2.31. The smallest absolute Gasteiger partial charge is 0.151 e. The fraction of sp³-hybridized carbons (Fsp3) is 0.421. The Morgan fingerprint density at radius 1 is 1.26 bits per heavy atom. The van der Waals surface area contributed by atoms with E-state index in [4.69, 9.17) is 4.74 Å². The second-order valence-corrected chi connectivity index (χ2v) is 6.88. The zero-order valence-corrected chi connectivity index (χ0v) is 14.7. The first-order valence-corrected chi connectivity index (χ1v) is 9.03. The molecule has 1 aliphatic heterocycles. The molecule has 0 bridgehead atoms. The maximum Gasteiger partial charge on any atom is 0.151 e. The largest absolute Gasteiger partial charge is 0.378 e. The molecule has 2 N–H and O–H groups in total. The Labute approximate surface area is 156 Å². The molecule has 1 aromatic heterocycles. The molecule has 27 heavy (non-hydrogen) atoms. The number of benzene rings is 1. The number of nitrogens with zero attached hydrogens (tertiary/aromatic N) is 3. The molecule has 0 radical (unpaired) electrons. The minimum atomic E-state index is -1.44. The molecule has 1 saturated carbocycles. The zero-order chi connectivity index (χ0) is 18.6. The van der Waals surface area contributed by atoms with Gasteiger partial charge in [-0.1, -0.05) is 18.2 Å². The van der Waals surface area contributed by atoms with Crippen molar-refractivity contribution < 1.29 is 13.5 Å². The van der Waals surface area contributed by atoms with Gasteiger partial charge in [0.1, 0.15) is 18.0 Å².